The van der Waals surface area contributed by atoms with Gasteiger partial charge in [-0.15, -0.1) is 0 Å². The SMILES string of the molecule is COc1ccc(C)cc1Nc1ncnc(NC(C)(C)C)c1N. The molecule has 1 aromatic carbocycles. The van der Waals surface area contributed by atoms with Crippen LogP contribution in [0.5, 0.6) is 5.75 Å². The molecule has 0 bridgehead atoms. The van der Waals surface area contributed by atoms with E-state index >= 15 is 0 Å². The van der Waals surface area contributed by atoms with Crippen molar-refractivity contribution in [3.05, 3.63) is 30.1 Å². The molecule has 0 fully saturated rings. The van der Waals surface area contributed by atoms with E-state index in [2.05, 4.69) is 20.6 Å². The number of ether oxygens (including phenoxy) is 1. The van der Waals surface area contributed by atoms with Crippen LogP contribution in [0, 0.1) is 6.92 Å². The third kappa shape index (κ3) is 3.78. The van der Waals surface area contributed by atoms with Gasteiger partial charge < -0.3 is 21.1 Å². The third-order valence-corrected chi connectivity index (χ3v) is 2.99. The van der Waals surface area contributed by atoms with E-state index in [4.69, 9.17) is 10.5 Å². The van der Waals surface area contributed by atoms with Gasteiger partial charge in [-0.3, -0.25) is 0 Å². The molecule has 0 aliphatic carbocycles. The number of aromatic nitrogens is 2. The molecule has 0 aliphatic heterocycles. The lowest BCUT2D eigenvalue weighted by Crippen LogP contribution is -2.27. The minimum absolute atomic E-state index is 0.138. The molecule has 0 unspecified atom stereocenters. The molecule has 22 heavy (non-hydrogen) atoms. The molecule has 0 spiro atoms. The highest BCUT2D eigenvalue weighted by Crippen LogP contribution is 2.32. The second-order valence-electron chi connectivity index (χ2n) is 6.19. The first kappa shape index (κ1) is 15.9. The number of nitrogen functional groups attached to an aromatic ring is 1. The number of hydrogen-bond acceptors (Lipinski definition) is 6. The van der Waals surface area contributed by atoms with Crippen molar-refractivity contribution >= 4 is 23.0 Å². The van der Waals surface area contributed by atoms with E-state index in [1.54, 1.807) is 7.11 Å². The highest BCUT2D eigenvalue weighted by molar-refractivity contribution is 5.79. The molecule has 0 radical (unpaired) electrons. The van der Waals surface area contributed by atoms with Gasteiger partial charge in [-0.25, -0.2) is 9.97 Å². The van der Waals surface area contributed by atoms with Gasteiger partial charge in [0.25, 0.3) is 0 Å². The highest BCUT2D eigenvalue weighted by atomic mass is 16.5. The zero-order chi connectivity index (χ0) is 16.3. The average molecular weight is 301 g/mol. The first-order chi connectivity index (χ1) is 10.3. The number of aryl methyl sites for hydroxylation is 1. The Balaban J connectivity index is 2.35. The Labute approximate surface area is 131 Å². The first-order valence-corrected chi connectivity index (χ1v) is 7.10. The van der Waals surface area contributed by atoms with Crippen molar-refractivity contribution in [2.45, 2.75) is 33.2 Å². The Morgan fingerprint density at radius 2 is 1.82 bits per heavy atom. The maximum atomic E-state index is 6.18. The minimum atomic E-state index is -0.138. The van der Waals surface area contributed by atoms with Crippen LogP contribution in [0.4, 0.5) is 23.0 Å². The smallest absolute Gasteiger partial charge is 0.159 e. The van der Waals surface area contributed by atoms with E-state index in [9.17, 15) is 0 Å². The summed E-state index contributed by atoms with van der Waals surface area (Å²) in [6.07, 6.45) is 1.48. The van der Waals surface area contributed by atoms with Crippen molar-refractivity contribution in [1.82, 2.24) is 9.97 Å². The molecule has 6 nitrogen and oxygen atoms in total. The van der Waals surface area contributed by atoms with E-state index < -0.39 is 0 Å². The largest absolute Gasteiger partial charge is 0.495 e. The Bertz CT molecular complexity index is 664. The molecular weight excluding hydrogens is 278 g/mol. The lowest BCUT2D eigenvalue weighted by molar-refractivity contribution is 0.416. The number of nitrogens with zero attached hydrogens (tertiary/aromatic N) is 2. The zero-order valence-corrected chi connectivity index (χ0v) is 13.7. The van der Waals surface area contributed by atoms with Gasteiger partial charge in [0.15, 0.2) is 11.6 Å². The molecular formula is C16H23N5O. The van der Waals surface area contributed by atoms with E-state index in [1.165, 1.54) is 6.33 Å². The van der Waals surface area contributed by atoms with Crippen LogP contribution in [0.15, 0.2) is 24.5 Å². The summed E-state index contributed by atoms with van der Waals surface area (Å²) in [6.45, 7) is 8.16. The van der Waals surface area contributed by atoms with Gasteiger partial charge >= 0.3 is 0 Å². The maximum Gasteiger partial charge on any atom is 0.159 e. The quantitative estimate of drug-likeness (QED) is 0.803. The van der Waals surface area contributed by atoms with E-state index in [0.29, 0.717) is 17.3 Å². The normalized spacial score (nSPS) is 11.1. The van der Waals surface area contributed by atoms with Crippen molar-refractivity contribution in [2.24, 2.45) is 0 Å². The van der Waals surface area contributed by atoms with E-state index in [-0.39, 0.29) is 5.54 Å². The van der Waals surface area contributed by atoms with Gasteiger partial charge in [-0.2, -0.15) is 0 Å². The third-order valence-electron chi connectivity index (χ3n) is 2.99. The van der Waals surface area contributed by atoms with Gasteiger partial charge in [0, 0.05) is 5.54 Å². The number of rotatable bonds is 4. The Hall–Kier alpha value is -2.50. The fourth-order valence-corrected chi connectivity index (χ4v) is 2.00. The first-order valence-electron chi connectivity index (χ1n) is 7.10. The molecule has 6 heteroatoms. The standard InChI is InChI=1S/C16H23N5O/c1-10-6-7-12(22-5)11(8-10)20-14-13(17)15(19-9-18-14)21-16(2,3)4/h6-9H,17H2,1-5H3,(H2,18,19,20,21). The topological polar surface area (TPSA) is 85.1 Å². The summed E-state index contributed by atoms with van der Waals surface area (Å²) in [7, 11) is 1.63. The average Bonchev–Trinajstić information content (AvgIpc) is 2.42. The predicted molar refractivity (Wildman–Crippen MR) is 90.8 cm³/mol. The Morgan fingerprint density at radius 3 is 2.45 bits per heavy atom. The molecule has 0 saturated carbocycles. The van der Waals surface area contributed by atoms with Crippen molar-refractivity contribution in [3.8, 4) is 5.75 Å². The molecule has 1 heterocycles. The fraction of sp³-hybridized carbons (Fsp3) is 0.375. The second-order valence-corrected chi connectivity index (χ2v) is 6.19. The number of methoxy groups -OCH3 is 1. The van der Waals surface area contributed by atoms with Gasteiger partial charge in [-0.1, -0.05) is 6.07 Å². The van der Waals surface area contributed by atoms with Crippen molar-refractivity contribution < 1.29 is 4.74 Å². The summed E-state index contributed by atoms with van der Waals surface area (Å²) in [5, 5.41) is 6.49. The van der Waals surface area contributed by atoms with Crippen LogP contribution in [0.2, 0.25) is 0 Å². The Morgan fingerprint density at radius 1 is 1.14 bits per heavy atom. The van der Waals surface area contributed by atoms with Crippen LogP contribution in [0.1, 0.15) is 26.3 Å². The van der Waals surface area contributed by atoms with Crippen molar-refractivity contribution in [3.63, 3.8) is 0 Å². The number of anilines is 4. The summed E-state index contributed by atoms with van der Waals surface area (Å²) in [5.41, 5.74) is 8.44. The number of nitrogens with one attached hydrogen (secondary N) is 2. The van der Waals surface area contributed by atoms with Crippen LogP contribution in [-0.2, 0) is 0 Å². The molecule has 0 saturated heterocycles. The lowest BCUT2D eigenvalue weighted by Gasteiger charge is -2.23. The monoisotopic (exact) mass is 301 g/mol. The van der Waals surface area contributed by atoms with Gasteiger partial charge in [-0.05, 0) is 45.4 Å². The second kappa shape index (κ2) is 6.09. The van der Waals surface area contributed by atoms with Crippen LogP contribution in [0.3, 0.4) is 0 Å². The molecule has 4 N–H and O–H groups in total. The van der Waals surface area contributed by atoms with Gasteiger partial charge in [0.05, 0.1) is 12.8 Å². The van der Waals surface area contributed by atoms with Crippen molar-refractivity contribution in [2.75, 3.05) is 23.5 Å². The number of nitrogens with two attached hydrogens (primary N) is 1. The van der Waals surface area contributed by atoms with Crippen LogP contribution in [-0.4, -0.2) is 22.6 Å². The van der Waals surface area contributed by atoms with Crippen molar-refractivity contribution in [1.29, 1.82) is 0 Å². The highest BCUT2D eigenvalue weighted by Gasteiger charge is 2.16. The summed E-state index contributed by atoms with van der Waals surface area (Å²) in [4.78, 5) is 8.43. The van der Waals surface area contributed by atoms with Gasteiger partial charge in [0.1, 0.15) is 17.8 Å². The minimum Gasteiger partial charge on any atom is -0.495 e. The molecule has 0 amide bonds. The lowest BCUT2D eigenvalue weighted by atomic mass is 10.1. The fourth-order valence-electron chi connectivity index (χ4n) is 2.00. The maximum absolute atomic E-state index is 6.18. The molecule has 0 atom stereocenters. The van der Waals surface area contributed by atoms with Crippen LogP contribution in [0.25, 0.3) is 0 Å². The summed E-state index contributed by atoms with van der Waals surface area (Å²) < 4.78 is 5.36. The molecule has 118 valence electrons. The zero-order valence-electron chi connectivity index (χ0n) is 13.7. The summed E-state index contributed by atoms with van der Waals surface area (Å²) >= 11 is 0. The summed E-state index contributed by atoms with van der Waals surface area (Å²) in [5.74, 6) is 1.89. The summed E-state index contributed by atoms with van der Waals surface area (Å²) in [6, 6.07) is 5.88. The van der Waals surface area contributed by atoms with Crippen LogP contribution < -0.4 is 21.1 Å². The predicted octanol–water partition coefficient (Wildman–Crippen LogP) is 3.33. The molecule has 0 aliphatic rings. The van der Waals surface area contributed by atoms with Gasteiger partial charge in [0.2, 0.25) is 0 Å². The van der Waals surface area contributed by atoms with E-state index in [1.807, 2.05) is 45.9 Å². The molecule has 1 aromatic heterocycles. The number of benzene rings is 1. The molecule has 2 rings (SSSR count). The number of hydrogen-bond donors (Lipinski definition) is 3. The van der Waals surface area contributed by atoms with E-state index in [0.717, 1.165) is 17.0 Å². The Kier molecular flexibility index (Phi) is 4.40. The van der Waals surface area contributed by atoms with Crippen LogP contribution >= 0.6 is 0 Å². The molecule has 2 aromatic rings.